The van der Waals surface area contributed by atoms with Crippen molar-refractivity contribution < 1.29 is 9.53 Å². The van der Waals surface area contributed by atoms with E-state index in [0.717, 1.165) is 30.2 Å². The molecule has 2 atom stereocenters. The van der Waals surface area contributed by atoms with Crippen molar-refractivity contribution in [3.8, 4) is 17.8 Å². The summed E-state index contributed by atoms with van der Waals surface area (Å²) in [6, 6.07) is 13.4. The first-order chi connectivity index (χ1) is 21.3. The zero-order valence-corrected chi connectivity index (χ0v) is 25.5. The Balaban J connectivity index is 1.50. The van der Waals surface area contributed by atoms with Gasteiger partial charge in [-0.25, -0.2) is 4.98 Å². The number of anilines is 1. The van der Waals surface area contributed by atoms with Gasteiger partial charge in [-0.3, -0.25) is 14.2 Å². The number of benzene rings is 2. The molecule has 6 rings (SSSR count). The summed E-state index contributed by atoms with van der Waals surface area (Å²) in [5.74, 6) is 0.643. The molecule has 0 N–H and O–H groups in total. The van der Waals surface area contributed by atoms with Gasteiger partial charge in [0.1, 0.15) is 17.9 Å². The Morgan fingerprint density at radius 2 is 1.93 bits per heavy atom. The molecular weight excluding hydrogens is 580 g/mol. The zero-order valence-electron chi connectivity index (χ0n) is 24.7. The average Bonchev–Trinajstić information content (AvgIpc) is 3.44. The lowest BCUT2D eigenvalue weighted by atomic mass is 10.1. The van der Waals surface area contributed by atoms with E-state index < -0.39 is 0 Å². The third kappa shape index (κ3) is 5.36. The summed E-state index contributed by atoms with van der Waals surface area (Å²) in [4.78, 5) is 47.0. The monoisotopic (exact) mass is 612 g/mol. The Bertz CT molecular complexity index is 1860. The van der Waals surface area contributed by atoms with Crippen LogP contribution >= 0.6 is 11.6 Å². The first kappa shape index (κ1) is 29.5. The molecule has 44 heavy (non-hydrogen) atoms. The Hall–Kier alpha value is -4.53. The Kier molecular flexibility index (Phi) is 8.21. The molecule has 0 radical (unpaired) electrons. The van der Waals surface area contributed by atoms with Crippen LogP contribution in [0.25, 0.3) is 27.5 Å². The van der Waals surface area contributed by atoms with E-state index in [0.29, 0.717) is 54.1 Å². The first-order valence-electron chi connectivity index (χ1n) is 14.7. The number of piperazine rings is 1. The van der Waals surface area contributed by atoms with Gasteiger partial charge in [-0.15, -0.1) is 0 Å². The fourth-order valence-corrected chi connectivity index (χ4v) is 6.55. The number of carbonyl (C=O) groups is 1. The lowest BCUT2D eigenvalue weighted by molar-refractivity contribution is -0.128. The summed E-state index contributed by atoms with van der Waals surface area (Å²) < 4.78 is 7.68. The Morgan fingerprint density at radius 1 is 1.14 bits per heavy atom. The molecule has 2 aromatic heterocycles. The molecule has 0 saturated carbocycles. The highest BCUT2D eigenvalue weighted by Crippen LogP contribution is 2.31. The molecule has 0 spiro atoms. The van der Waals surface area contributed by atoms with E-state index in [1.165, 1.54) is 10.6 Å². The number of likely N-dealkylation sites (tertiary alicyclic amines) is 1. The highest BCUT2D eigenvalue weighted by molar-refractivity contribution is 6.36. The van der Waals surface area contributed by atoms with E-state index >= 15 is 0 Å². The molecule has 2 aliphatic rings. The summed E-state index contributed by atoms with van der Waals surface area (Å²) in [6.45, 7) is 7.85. The summed E-state index contributed by atoms with van der Waals surface area (Å²) in [6.07, 6.45) is 3.49. The van der Waals surface area contributed by atoms with E-state index in [9.17, 15) is 14.9 Å². The maximum atomic E-state index is 14.4. The van der Waals surface area contributed by atoms with Crippen LogP contribution in [0, 0.1) is 18.3 Å². The topological polar surface area (TPSA) is 120 Å². The number of hydrogen-bond donors (Lipinski definition) is 0. The molecule has 2 aromatic carbocycles. The third-order valence-electron chi connectivity index (χ3n) is 8.56. The van der Waals surface area contributed by atoms with Crippen LogP contribution in [0.15, 0.2) is 53.8 Å². The second-order valence-corrected chi connectivity index (χ2v) is 11.6. The van der Waals surface area contributed by atoms with Crippen LogP contribution in [0.2, 0.25) is 5.02 Å². The minimum atomic E-state index is -0.389. The molecule has 12 heteroatoms. The number of fused-ring (bicyclic) bond motifs is 2. The Morgan fingerprint density at radius 3 is 2.66 bits per heavy atom. The van der Waals surface area contributed by atoms with Gasteiger partial charge in [0.25, 0.3) is 5.56 Å². The lowest BCUT2D eigenvalue weighted by Crippen LogP contribution is -2.55. The summed E-state index contributed by atoms with van der Waals surface area (Å²) in [5.41, 5.74) is 0.673. The Labute approximate surface area is 259 Å². The number of nitrogens with zero attached hydrogens (tertiary/aromatic N) is 8. The molecule has 0 aliphatic carbocycles. The fourth-order valence-electron chi connectivity index (χ4n) is 6.27. The normalized spacial score (nSPS) is 19.0. The van der Waals surface area contributed by atoms with Crippen molar-refractivity contribution in [2.24, 2.45) is 0 Å². The van der Waals surface area contributed by atoms with Crippen molar-refractivity contribution in [3.05, 3.63) is 70.3 Å². The second-order valence-electron chi connectivity index (χ2n) is 11.2. The van der Waals surface area contributed by atoms with Gasteiger partial charge < -0.3 is 19.4 Å². The van der Waals surface area contributed by atoms with Crippen LogP contribution < -0.4 is 15.2 Å². The maximum absolute atomic E-state index is 14.4. The molecule has 0 bridgehead atoms. The van der Waals surface area contributed by atoms with Crippen molar-refractivity contribution >= 4 is 45.1 Å². The predicted octanol–water partition coefficient (Wildman–Crippen LogP) is 3.88. The molecule has 4 aromatic rings. The zero-order chi connectivity index (χ0) is 31.0. The number of hydrogen-bond acceptors (Lipinski definition) is 9. The van der Waals surface area contributed by atoms with Crippen LogP contribution in [0.5, 0.6) is 6.01 Å². The largest absolute Gasteiger partial charge is 0.462 e. The quantitative estimate of drug-likeness (QED) is 0.286. The van der Waals surface area contributed by atoms with Gasteiger partial charge in [0, 0.05) is 31.1 Å². The number of aryl methyl sites for hydroxylation is 1. The fraction of sp³-hybridized carbons (Fsp3) is 0.375. The minimum absolute atomic E-state index is 0.0829. The number of ether oxygens (including phenoxy) is 1. The van der Waals surface area contributed by atoms with Crippen molar-refractivity contribution in [3.63, 3.8) is 0 Å². The maximum Gasteiger partial charge on any atom is 0.319 e. The number of halogens is 1. The minimum Gasteiger partial charge on any atom is -0.462 e. The number of rotatable bonds is 7. The molecule has 1 amide bonds. The second kappa shape index (κ2) is 12.2. The van der Waals surface area contributed by atoms with Crippen molar-refractivity contribution in [1.82, 2.24) is 29.3 Å². The highest BCUT2D eigenvalue weighted by atomic mass is 35.5. The summed E-state index contributed by atoms with van der Waals surface area (Å²) >= 11 is 6.64. The average molecular weight is 613 g/mol. The van der Waals surface area contributed by atoms with Gasteiger partial charge in [0.05, 0.1) is 29.2 Å². The van der Waals surface area contributed by atoms with Gasteiger partial charge in [-0.2, -0.15) is 15.2 Å². The van der Waals surface area contributed by atoms with Crippen LogP contribution in [0.4, 0.5) is 5.82 Å². The number of aromatic nitrogens is 4. The first-order valence-corrected chi connectivity index (χ1v) is 15.1. The van der Waals surface area contributed by atoms with E-state index in [-0.39, 0.29) is 41.5 Å². The summed E-state index contributed by atoms with van der Waals surface area (Å²) in [7, 11) is 2.06. The van der Waals surface area contributed by atoms with Crippen molar-refractivity contribution in [2.45, 2.75) is 38.3 Å². The van der Waals surface area contributed by atoms with E-state index in [1.807, 2.05) is 35.2 Å². The van der Waals surface area contributed by atoms with Gasteiger partial charge in [0.15, 0.2) is 11.3 Å². The third-order valence-corrected chi connectivity index (χ3v) is 8.88. The number of nitriles is 1. The van der Waals surface area contributed by atoms with Crippen LogP contribution in [-0.2, 0) is 4.79 Å². The van der Waals surface area contributed by atoms with Gasteiger partial charge >= 0.3 is 6.01 Å². The predicted molar refractivity (Wildman–Crippen MR) is 169 cm³/mol. The van der Waals surface area contributed by atoms with E-state index in [1.54, 1.807) is 17.9 Å². The van der Waals surface area contributed by atoms with E-state index in [4.69, 9.17) is 26.3 Å². The SMILES string of the molecule is C=CC(=O)N1CCN(c2nc(OCC3CCCN3C)nc3c(=O)n(-c4cccc5cccc(Cl)c45)c(C)nc23)CC1CC#N. The number of likely N-dealkylation sites (N-methyl/N-ethyl adjacent to an activating group) is 1. The summed E-state index contributed by atoms with van der Waals surface area (Å²) in [5, 5.41) is 11.7. The van der Waals surface area contributed by atoms with Crippen molar-refractivity contribution in [1.29, 1.82) is 5.26 Å². The molecule has 226 valence electrons. The molecule has 4 heterocycles. The molecular formula is C32H33ClN8O3. The standard InChI is InChI=1S/C32H33ClN8O3/c1-4-26(42)40-17-16-39(18-22(40)13-14-34)30-28-29(36-32(37-30)44-19-23-10-7-15-38(23)3)31(43)41(20(2)35-28)25-12-6-9-21-8-5-11-24(33)27(21)25/h4-6,8-9,11-12,22-23H,1,7,10,13,15-19H2,2-3H3. The molecule has 11 nitrogen and oxygen atoms in total. The smallest absolute Gasteiger partial charge is 0.319 e. The van der Waals surface area contributed by atoms with E-state index in [2.05, 4.69) is 29.6 Å². The van der Waals surface area contributed by atoms with Gasteiger partial charge in [0.2, 0.25) is 5.91 Å². The van der Waals surface area contributed by atoms with Crippen molar-refractivity contribution in [2.75, 3.05) is 44.7 Å². The highest BCUT2D eigenvalue weighted by Gasteiger charge is 2.32. The van der Waals surface area contributed by atoms with Crippen LogP contribution in [-0.4, -0.2) is 87.1 Å². The lowest BCUT2D eigenvalue weighted by Gasteiger charge is -2.40. The van der Waals surface area contributed by atoms with Crippen LogP contribution in [0.1, 0.15) is 25.1 Å². The van der Waals surface area contributed by atoms with Gasteiger partial charge in [-0.1, -0.05) is 42.4 Å². The molecule has 2 fully saturated rings. The molecule has 2 unspecified atom stereocenters. The number of amides is 1. The van der Waals surface area contributed by atoms with Gasteiger partial charge in [-0.05, 0) is 57.0 Å². The van der Waals surface area contributed by atoms with Crippen LogP contribution in [0.3, 0.4) is 0 Å². The molecule has 2 aliphatic heterocycles. The number of carbonyl (C=O) groups excluding carboxylic acids is 1. The molecule has 2 saturated heterocycles.